The minimum Gasteiger partial charge on any atom is -0.444 e. The van der Waals surface area contributed by atoms with Crippen LogP contribution in [0.3, 0.4) is 0 Å². The van der Waals surface area contributed by atoms with E-state index in [0.717, 1.165) is 23.8 Å². The average Bonchev–Trinajstić information content (AvgIpc) is 2.73. The number of aliphatic hydroxyl groups is 1. The average molecular weight is 478 g/mol. The molecule has 0 aliphatic rings. The van der Waals surface area contributed by atoms with E-state index in [4.69, 9.17) is 4.74 Å². The normalized spacial score (nSPS) is 14.1. The summed E-state index contributed by atoms with van der Waals surface area (Å²) < 4.78 is 32.5. The fourth-order valence-electron chi connectivity index (χ4n) is 3.20. The summed E-state index contributed by atoms with van der Waals surface area (Å²) in [6.07, 6.45) is -2.00. The van der Waals surface area contributed by atoms with Gasteiger partial charge in [-0.25, -0.2) is 13.6 Å². The van der Waals surface area contributed by atoms with E-state index in [1.165, 1.54) is 0 Å². The molecule has 0 aliphatic heterocycles. The molecule has 0 aromatic heterocycles. The zero-order chi connectivity index (χ0) is 25.3. The molecule has 4 N–H and O–H groups in total. The molecule has 186 valence electrons. The summed E-state index contributed by atoms with van der Waals surface area (Å²) in [6, 6.07) is 10.9. The van der Waals surface area contributed by atoms with Gasteiger partial charge in [0.05, 0.1) is 18.2 Å². The predicted octanol–water partition coefficient (Wildman–Crippen LogP) is 3.06. The van der Waals surface area contributed by atoms with E-state index in [0.29, 0.717) is 6.54 Å². The summed E-state index contributed by atoms with van der Waals surface area (Å²) in [5.74, 6) is -1.79. The number of carbonyl (C=O) groups is 2. The topological polar surface area (TPSA) is 99.7 Å². The van der Waals surface area contributed by atoms with Crippen LogP contribution in [-0.2, 0) is 22.5 Å². The minimum absolute atomic E-state index is 0.0502. The Labute approximate surface area is 198 Å². The van der Waals surface area contributed by atoms with Gasteiger partial charge < -0.3 is 25.8 Å². The number of alkyl carbamates (subject to hydrolysis) is 1. The van der Waals surface area contributed by atoms with Gasteiger partial charge in [-0.2, -0.15) is 0 Å². The molecule has 0 heterocycles. The molecule has 2 rings (SSSR count). The quantitative estimate of drug-likeness (QED) is 0.422. The molecule has 2 aromatic rings. The highest BCUT2D eigenvalue weighted by Crippen LogP contribution is 2.13. The molecule has 0 spiro atoms. The SMILES string of the molecule is C[C@H](NC[C@@H](O)C(Cc1cc(F)cc(F)c1)NC(=O)OC(C)(C)C)C(=O)NCc1ccccc1. The van der Waals surface area contributed by atoms with Crippen molar-refractivity contribution < 1.29 is 28.2 Å². The number of aliphatic hydroxyl groups excluding tert-OH is 1. The number of halogens is 2. The van der Waals surface area contributed by atoms with Crippen molar-refractivity contribution >= 4 is 12.0 Å². The van der Waals surface area contributed by atoms with Crippen LogP contribution in [0.15, 0.2) is 48.5 Å². The van der Waals surface area contributed by atoms with Gasteiger partial charge in [0.1, 0.15) is 17.2 Å². The zero-order valence-corrected chi connectivity index (χ0v) is 19.9. The standard InChI is InChI=1S/C25H33F2N3O4/c1-16(23(32)29-14-17-8-6-5-7-9-17)28-15-22(31)21(30-24(33)34-25(2,3)4)12-18-10-19(26)13-20(27)11-18/h5-11,13,16,21-22,28,31H,12,14-15H2,1-4H3,(H,29,32)(H,30,33)/t16-,21?,22+/m0/s1. The fourth-order valence-corrected chi connectivity index (χ4v) is 3.20. The maximum atomic E-state index is 13.6. The van der Waals surface area contributed by atoms with Crippen LogP contribution in [0.25, 0.3) is 0 Å². The number of hydrogen-bond acceptors (Lipinski definition) is 5. The second kappa shape index (κ2) is 12.4. The van der Waals surface area contributed by atoms with E-state index in [1.807, 2.05) is 30.3 Å². The van der Waals surface area contributed by atoms with Gasteiger partial charge in [-0.1, -0.05) is 30.3 Å². The first-order valence-electron chi connectivity index (χ1n) is 11.1. The second-order valence-electron chi connectivity index (χ2n) is 9.14. The van der Waals surface area contributed by atoms with Crippen molar-refractivity contribution in [1.29, 1.82) is 0 Å². The van der Waals surface area contributed by atoms with Crippen LogP contribution in [0.4, 0.5) is 13.6 Å². The Kier molecular flexibility index (Phi) is 9.95. The molecule has 0 saturated heterocycles. The highest BCUT2D eigenvalue weighted by molar-refractivity contribution is 5.81. The summed E-state index contributed by atoms with van der Waals surface area (Å²) in [4.78, 5) is 24.7. The lowest BCUT2D eigenvalue weighted by atomic mass is 10.0. The minimum atomic E-state index is -1.18. The molecule has 9 heteroatoms. The van der Waals surface area contributed by atoms with E-state index < -0.39 is 41.5 Å². The molecule has 0 radical (unpaired) electrons. The van der Waals surface area contributed by atoms with Gasteiger partial charge in [0.2, 0.25) is 5.91 Å². The first-order valence-corrected chi connectivity index (χ1v) is 11.1. The van der Waals surface area contributed by atoms with Crippen molar-refractivity contribution in [2.24, 2.45) is 0 Å². The molecule has 7 nitrogen and oxygen atoms in total. The zero-order valence-electron chi connectivity index (χ0n) is 19.9. The summed E-state index contributed by atoms with van der Waals surface area (Å²) in [7, 11) is 0. The second-order valence-corrected chi connectivity index (χ2v) is 9.14. The van der Waals surface area contributed by atoms with Crippen LogP contribution in [0, 0.1) is 11.6 Å². The van der Waals surface area contributed by atoms with Gasteiger partial charge in [0.25, 0.3) is 0 Å². The first-order chi connectivity index (χ1) is 15.9. The van der Waals surface area contributed by atoms with E-state index in [-0.39, 0.29) is 24.4 Å². The van der Waals surface area contributed by atoms with Gasteiger partial charge in [0, 0.05) is 19.2 Å². The molecule has 3 atom stereocenters. The maximum absolute atomic E-state index is 13.6. The lowest BCUT2D eigenvalue weighted by Crippen LogP contribution is -2.52. The van der Waals surface area contributed by atoms with Crippen LogP contribution < -0.4 is 16.0 Å². The summed E-state index contributed by atoms with van der Waals surface area (Å²) in [5, 5.41) is 19.0. The third-order valence-corrected chi connectivity index (χ3v) is 4.88. The summed E-state index contributed by atoms with van der Waals surface area (Å²) in [6.45, 7) is 7.03. The van der Waals surface area contributed by atoms with Gasteiger partial charge in [-0.3, -0.25) is 4.79 Å². The number of rotatable bonds is 10. The molecule has 0 saturated carbocycles. The third kappa shape index (κ3) is 9.84. The molecule has 2 amide bonds. The van der Waals surface area contributed by atoms with Crippen molar-refractivity contribution in [3.05, 3.63) is 71.3 Å². The largest absolute Gasteiger partial charge is 0.444 e. The van der Waals surface area contributed by atoms with Gasteiger partial charge in [-0.05, 0) is 57.4 Å². The van der Waals surface area contributed by atoms with E-state index in [2.05, 4.69) is 16.0 Å². The first kappa shape index (κ1) is 27.2. The van der Waals surface area contributed by atoms with Crippen molar-refractivity contribution in [3.63, 3.8) is 0 Å². The molecule has 2 aromatic carbocycles. The van der Waals surface area contributed by atoms with Crippen molar-refractivity contribution in [2.75, 3.05) is 6.54 Å². The summed E-state index contributed by atoms with van der Waals surface area (Å²) in [5.41, 5.74) is 0.437. The predicted molar refractivity (Wildman–Crippen MR) is 125 cm³/mol. The van der Waals surface area contributed by atoms with Gasteiger partial charge >= 0.3 is 6.09 Å². The van der Waals surface area contributed by atoms with Crippen molar-refractivity contribution in [1.82, 2.24) is 16.0 Å². The van der Waals surface area contributed by atoms with E-state index >= 15 is 0 Å². The highest BCUT2D eigenvalue weighted by Gasteiger charge is 2.26. The smallest absolute Gasteiger partial charge is 0.407 e. The van der Waals surface area contributed by atoms with Crippen LogP contribution in [0.2, 0.25) is 0 Å². The molecular weight excluding hydrogens is 444 g/mol. The molecular formula is C25H33F2N3O4. The lowest BCUT2D eigenvalue weighted by Gasteiger charge is -2.28. The van der Waals surface area contributed by atoms with E-state index in [9.17, 15) is 23.5 Å². The Morgan fingerprint density at radius 1 is 1.03 bits per heavy atom. The van der Waals surface area contributed by atoms with E-state index in [1.54, 1.807) is 27.7 Å². The van der Waals surface area contributed by atoms with Gasteiger partial charge in [0.15, 0.2) is 0 Å². The fraction of sp³-hybridized carbons (Fsp3) is 0.440. The monoisotopic (exact) mass is 477 g/mol. The van der Waals surface area contributed by atoms with Crippen LogP contribution in [0.5, 0.6) is 0 Å². The van der Waals surface area contributed by atoms with Crippen LogP contribution in [-0.4, -0.2) is 47.4 Å². The number of hydrogen-bond donors (Lipinski definition) is 4. The Bertz CT molecular complexity index is 931. The maximum Gasteiger partial charge on any atom is 0.407 e. The molecule has 1 unspecified atom stereocenters. The Morgan fingerprint density at radius 2 is 1.65 bits per heavy atom. The lowest BCUT2D eigenvalue weighted by molar-refractivity contribution is -0.123. The Hall–Kier alpha value is -3.04. The molecule has 0 bridgehead atoms. The number of nitrogens with one attached hydrogen (secondary N) is 3. The number of carbonyl (C=O) groups excluding carboxylic acids is 2. The summed E-state index contributed by atoms with van der Waals surface area (Å²) >= 11 is 0. The van der Waals surface area contributed by atoms with Crippen LogP contribution in [0.1, 0.15) is 38.8 Å². The number of ether oxygens (including phenoxy) is 1. The van der Waals surface area contributed by atoms with Gasteiger partial charge in [-0.15, -0.1) is 0 Å². The van der Waals surface area contributed by atoms with Crippen molar-refractivity contribution in [3.8, 4) is 0 Å². The highest BCUT2D eigenvalue weighted by atomic mass is 19.1. The van der Waals surface area contributed by atoms with Crippen LogP contribution >= 0.6 is 0 Å². The third-order valence-electron chi connectivity index (χ3n) is 4.88. The molecule has 0 aliphatic carbocycles. The molecule has 0 fully saturated rings. The van der Waals surface area contributed by atoms with Crippen molar-refractivity contribution in [2.45, 2.75) is 64.4 Å². The number of amides is 2. The number of benzene rings is 2. The Morgan fingerprint density at radius 3 is 2.24 bits per heavy atom. The Balaban J connectivity index is 1.99. The molecule has 34 heavy (non-hydrogen) atoms.